The Hall–Kier alpha value is -0.340. The van der Waals surface area contributed by atoms with E-state index in [-0.39, 0.29) is 6.54 Å². The average molecular weight is 223 g/mol. The van der Waals surface area contributed by atoms with Gasteiger partial charge in [0.1, 0.15) is 0 Å². The van der Waals surface area contributed by atoms with Gasteiger partial charge >= 0.3 is 15.5 Å². The predicted octanol–water partition coefficient (Wildman–Crippen LogP) is 0.444. The zero-order valence-electron chi connectivity index (χ0n) is 7.22. The first-order chi connectivity index (χ1) is 5.81. The van der Waals surface area contributed by atoms with Gasteiger partial charge in [0.25, 0.3) is 0 Å². The van der Waals surface area contributed by atoms with Crippen LogP contribution >= 0.6 is 0 Å². The molecule has 0 fully saturated rings. The monoisotopic (exact) mass is 223 g/mol. The van der Waals surface area contributed by atoms with E-state index in [9.17, 15) is 21.6 Å². The number of sulfonamides is 1. The summed E-state index contributed by atoms with van der Waals surface area (Å²) in [5.41, 5.74) is -5.19. The molecule has 0 aliphatic heterocycles. The molecule has 0 rings (SSSR count). The van der Waals surface area contributed by atoms with Crippen molar-refractivity contribution in [2.24, 2.45) is 0 Å². The van der Waals surface area contributed by atoms with Crippen molar-refractivity contribution in [3.63, 3.8) is 0 Å². The van der Waals surface area contributed by atoms with E-state index in [1.54, 1.807) is 6.92 Å². The number of alkyl halides is 3. The highest BCUT2D eigenvalue weighted by atomic mass is 32.2. The van der Waals surface area contributed by atoms with Gasteiger partial charge in [-0.3, -0.25) is 0 Å². The maximum absolute atomic E-state index is 11.5. The summed E-state index contributed by atoms with van der Waals surface area (Å²) in [7, 11) is -4.11. The van der Waals surface area contributed by atoms with E-state index < -0.39 is 15.5 Å². The van der Waals surface area contributed by atoms with Gasteiger partial charge < -0.3 is 5.11 Å². The summed E-state index contributed by atoms with van der Waals surface area (Å²) < 4.78 is 56.3. The quantitative estimate of drug-likeness (QED) is 0.729. The first kappa shape index (κ1) is 15.1. The first-order valence-corrected chi connectivity index (χ1v) is 4.80. The number of aliphatic hydroxyl groups excluding tert-OH is 1. The highest BCUT2D eigenvalue weighted by Gasteiger charge is 2.45. The smallest absolute Gasteiger partial charge is 0.400 e. The lowest BCUT2D eigenvalue weighted by Crippen LogP contribution is -2.36. The first-order valence-electron chi connectivity index (χ1n) is 3.32. The Kier molecular flexibility index (Phi) is 7.18. The Morgan fingerprint density at radius 1 is 1.31 bits per heavy atom. The van der Waals surface area contributed by atoms with Gasteiger partial charge in [-0.25, -0.2) is 13.1 Å². The van der Waals surface area contributed by atoms with E-state index in [1.807, 2.05) is 0 Å². The van der Waals surface area contributed by atoms with Crippen LogP contribution in [-0.2, 0) is 10.0 Å². The van der Waals surface area contributed by atoms with Gasteiger partial charge in [0.2, 0.25) is 0 Å². The van der Waals surface area contributed by atoms with Crippen LogP contribution < -0.4 is 4.72 Å². The molecule has 0 spiro atoms. The molecule has 0 aromatic heterocycles. The van der Waals surface area contributed by atoms with Crippen LogP contribution in [0.3, 0.4) is 0 Å². The molecule has 2 N–H and O–H groups in total. The third-order valence-electron chi connectivity index (χ3n) is 0.847. The van der Waals surface area contributed by atoms with Crippen molar-refractivity contribution in [3.8, 4) is 0 Å². The normalized spacial score (nSPS) is 11.8. The van der Waals surface area contributed by atoms with Crippen LogP contribution in [0.4, 0.5) is 13.2 Å². The molecule has 0 saturated carbocycles. The second-order valence-corrected chi connectivity index (χ2v) is 3.60. The van der Waals surface area contributed by atoms with Gasteiger partial charge in [-0.15, -0.1) is 0 Å². The summed E-state index contributed by atoms with van der Waals surface area (Å²) in [6.45, 7) is 1.38. The van der Waals surface area contributed by atoms with Crippen LogP contribution in [0.1, 0.15) is 13.3 Å². The molecule has 0 amide bonds. The molecule has 0 unspecified atom stereocenters. The minimum atomic E-state index is -5.19. The van der Waals surface area contributed by atoms with E-state index in [0.29, 0.717) is 6.42 Å². The fourth-order valence-corrected chi connectivity index (χ4v) is 0.955. The van der Waals surface area contributed by atoms with Crippen molar-refractivity contribution in [3.05, 3.63) is 0 Å². The predicted molar refractivity (Wildman–Crippen MR) is 41.4 cm³/mol. The number of nitrogens with one attached hydrogen (secondary N) is 1. The Labute approximate surface area is 74.8 Å². The van der Waals surface area contributed by atoms with E-state index >= 15 is 0 Å². The SMILES string of the molecule is CCCNS(=O)(=O)C(F)(F)F.CO. The molecular formula is C5H12F3NO3S. The lowest BCUT2D eigenvalue weighted by atomic mass is 10.5. The number of hydrogen-bond acceptors (Lipinski definition) is 3. The van der Waals surface area contributed by atoms with Crippen molar-refractivity contribution < 1.29 is 26.7 Å². The third kappa shape index (κ3) is 5.83. The Morgan fingerprint density at radius 3 is 1.92 bits per heavy atom. The molecule has 82 valence electrons. The number of rotatable bonds is 3. The highest BCUT2D eigenvalue weighted by molar-refractivity contribution is 7.90. The zero-order chi connectivity index (χ0) is 11.1. The van der Waals surface area contributed by atoms with Crippen LogP contribution in [0.2, 0.25) is 0 Å². The number of halogens is 3. The number of aliphatic hydroxyl groups is 1. The van der Waals surface area contributed by atoms with E-state index in [4.69, 9.17) is 5.11 Å². The maximum Gasteiger partial charge on any atom is 0.511 e. The van der Waals surface area contributed by atoms with Gasteiger partial charge in [-0.2, -0.15) is 13.2 Å². The van der Waals surface area contributed by atoms with Crippen LogP contribution in [-0.4, -0.2) is 32.7 Å². The summed E-state index contributed by atoms with van der Waals surface area (Å²) in [6.07, 6.45) is 0.329. The molecule has 0 aromatic carbocycles. The summed E-state index contributed by atoms with van der Waals surface area (Å²) in [5.74, 6) is 0. The molecule has 0 aliphatic carbocycles. The topological polar surface area (TPSA) is 66.4 Å². The largest absolute Gasteiger partial charge is 0.511 e. The van der Waals surface area contributed by atoms with Gasteiger partial charge in [-0.1, -0.05) is 6.92 Å². The van der Waals surface area contributed by atoms with Crippen molar-refractivity contribution in [2.75, 3.05) is 13.7 Å². The number of hydrogen-bond donors (Lipinski definition) is 2. The molecule has 0 saturated heterocycles. The minimum Gasteiger partial charge on any atom is -0.400 e. The van der Waals surface area contributed by atoms with Crippen LogP contribution in [0, 0.1) is 0 Å². The molecule has 0 atom stereocenters. The van der Waals surface area contributed by atoms with Gasteiger partial charge in [0, 0.05) is 13.7 Å². The molecule has 0 aliphatic rings. The van der Waals surface area contributed by atoms with Gasteiger partial charge in [0.15, 0.2) is 0 Å². The second-order valence-electron chi connectivity index (χ2n) is 1.84. The summed E-state index contributed by atoms with van der Waals surface area (Å²) in [5, 5.41) is 7.00. The molecule has 4 nitrogen and oxygen atoms in total. The van der Waals surface area contributed by atoms with E-state index in [1.165, 1.54) is 4.72 Å². The Morgan fingerprint density at radius 2 is 1.69 bits per heavy atom. The molecular weight excluding hydrogens is 211 g/mol. The Balaban J connectivity index is 0. The van der Waals surface area contributed by atoms with Crippen molar-refractivity contribution >= 4 is 10.0 Å². The van der Waals surface area contributed by atoms with Crippen molar-refractivity contribution in [1.82, 2.24) is 4.72 Å². The van der Waals surface area contributed by atoms with Crippen molar-refractivity contribution in [1.29, 1.82) is 0 Å². The lowest BCUT2D eigenvalue weighted by molar-refractivity contribution is -0.0447. The summed E-state index contributed by atoms with van der Waals surface area (Å²) in [4.78, 5) is 0. The molecule has 13 heavy (non-hydrogen) atoms. The van der Waals surface area contributed by atoms with E-state index in [0.717, 1.165) is 7.11 Å². The Bertz CT molecular complexity index is 212. The van der Waals surface area contributed by atoms with Crippen molar-refractivity contribution in [2.45, 2.75) is 18.9 Å². The van der Waals surface area contributed by atoms with Crippen LogP contribution in [0.15, 0.2) is 0 Å². The molecule has 8 heteroatoms. The minimum absolute atomic E-state index is 0.193. The molecule has 0 radical (unpaired) electrons. The summed E-state index contributed by atoms with van der Waals surface area (Å²) >= 11 is 0. The second kappa shape index (κ2) is 6.17. The zero-order valence-corrected chi connectivity index (χ0v) is 8.04. The maximum atomic E-state index is 11.5. The molecule has 0 bridgehead atoms. The van der Waals surface area contributed by atoms with Crippen LogP contribution in [0.5, 0.6) is 0 Å². The third-order valence-corrected chi connectivity index (χ3v) is 2.04. The van der Waals surface area contributed by atoms with Gasteiger partial charge in [0.05, 0.1) is 0 Å². The molecule has 0 aromatic rings. The molecule has 0 heterocycles. The summed E-state index contributed by atoms with van der Waals surface area (Å²) in [6, 6.07) is 0. The van der Waals surface area contributed by atoms with Gasteiger partial charge in [-0.05, 0) is 6.42 Å². The van der Waals surface area contributed by atoms with Crippen LogP contribution in [0.25, 0.3) is 0 Å². The average Bonchev–Trinajstić information content (AvgIpc) is 2.03. The fraction of sp³-hybridized carbons (Fsp3) is 1.00. The standard InChI is InChI=1S/C4H8F3NO2S.CH4O/c1-2-3-8-11(9,10)4(5,6)7;1-2/h8H,2-3H2,1H3;2H,1H3. The highest BCUT2D eigenvalue weighted by Crippen LogP contribution is 2.21. The lowest BCUT2D eigenvalue weighted by Gasteiger charge is -2.07. The van der Waals surface area contributed by atoms with E-state index in [2.05, 4.69) is 0 Å². The fourth-order valence-electron chi connectivity index (χ4n) is 0.318.